The Morgan fingerprint density at radius 1 is 1.50 bits per heavy atom. The Hall–Kier alpha value is -0.740. The van der Waals surface area contributed by atoms with E-state index in [9.17, 15) is 0 Å². The SMILES string of the molecule is C=C(C)C(NC)c1snnc1C(C)C. The van der Waals surface area contributed by atoms with Crippen LogP contribution in [0.25, 0.3) is 0 Å². The maximum atomic E-state index is 4.15. The topological polar surface area (TPSA) is 37.8 Å². The van der Waals surface area contributed by atoms with E-state index in [1.54, 1.807) is 0 Å². The second-order valence-corrected chi connectivity index (χ2v) is 4.53. The van der Waals surface area contributed by atoms with Crippen LogP contribution >= 0.6 is 11.5 Å². The lowest BCUT2D eigenvalue weighted by Gasteiger charge is -2.15. The molecule has 4 heteroatoms. The molecule has 0 amide bonds. The Morgan fingerprint density at radius 3 is 2.57 bits per heavy atom. The molecule has 0 bridgehead atoms. The van der Waals surface area contributed by atoms with Gasteiger partial charge < -0.3 is 5.32 Å². The highest BCUT2D eigenvalue weighted by atomic mass is 32.1. The molecular weight excluding hydrogens is 194 g/mol. The number of rotatable bonds is 4. The summed E-state index contributed by atoms with van der Waals surface area (Å²) >= 11 is 1.45. The maximum Gasteiger partial charge on any atom is 0.0832 e. The quantitative estimate of drug-likeness (QED) is 0.778. The lowest BCUT2D eigenvalue weighted by Crippen LogP contribution is -2.17. The van der Waals surface area contributed by atoms with Gasteiger partial charge in [0, 0.05) is 0 Å². The minimum Gasteiger partial charge on any atom is -0.309 e. The van der Waals surface area contributed by atoms with Crippen LogP contribution in [0, 0.1) is 0 Å². The molecule has 0 saturated heterocycles. The normalized spacial score (nSPS) is 13.2. The molecule has 1 N–H and O–H groups in total. The molecule has 0 fully saturated rings. The van der Waals surface area contributed by atoms with Crippen molar-refractivity contribution in [2.75, 3.05) is 7.05 Å². The zero-order valence-corrected chi connectivity index (χ0v) is 9.98. The van der Waals surface area contributed by atoms with Gasteiger partial charge in [-0.3, -0.25) is 0 Å². The second-order valence-electron chi connectivity index (χ2n) is 3.75. The number of hydrogen-bond donors (Lipinski definition) is 1. The second kappa shape index (κ2) is 4.66. The monoisotopic (exact) mass is 211 g/mol. The van der Waals surface area contributed by atoms with Crippen LogP contribution in [0.5, 0.6) is 0 Å². The first-order valence-electron chi connectivity index (χ1n) is 4.72. The molecule has 1 aromatic heterocycles. The van der Waals surface area contributed by atoms with E-state index >= 15 is 0 Å². The predicted molar refractivity (Wildman–Crippen MR) is 60.6 cm³/mol. The Labute approximate surface area is 89.4 Å². The molecule has 0 aliphatic carbocycles. The van der Waals surface area contributed by atoms with Crippen molar-refractivity contribution in [1.29, 1.82) is 0 Å². The molecule has 0 radical (unpaired) electrons. The summed E-state index contributed by atoms with van der Waals surface area (Å²) in [5.41, 5.74) is 2.18. The van der Waals surface area contributed by atoms with Gasteiger partial charge in [0.2, 0.25) is 0 Å². The first-order chi connectivity index (χ1) is 6.57. The molecule has 3 nitrogen and oxygen atoms in total. The third-order valence-electron chi connectivity index (χ3n) is 2.13. The van der Waals surface area contributed by atoms with Gasteiger partial charge in [-0.1, -0.05) is 30.5 Å². The van der Waals surface area contributed by atoms with Crippen LogP contribution in [0.15, 0.2) is 12.2 Å². The van der Waals surface area contributed by atoms with Crippen molar-refractivity contribution in [2.24, 2.45) is 0 Å². The van der Waals surface area contributed by atoms with Crippen LogP contribution in [0.2, 0.25) is 0 Å². The Morgan fingerprint density at radius 2 is 2.14 bits per heavy atom. The highest BCUT2D eigenvalue weighted by molar-refractivity contribution is 7.05. The van der Waals surface area contributed by atoms with Crippen molar-refractivity contribution in [3.63, 3.8) is 0 Å². The number of hydrogen-bond acceptors (Lipinski definition) is 4. The van der Waals surface area contributed by atoms with E-state index in [0.717, 1.165) is 11.3 Å². The standard InChI is InChI=1S/C10H17N3S/c1-6(2)8(11-5)10-9(7(3)4)12-13-14-10/h7-8,11H,1H2,2-5H3. The molecular formula is C10H17N3S. The van der Waals surface area contributed by atoms with Crippen molar-refractivity contribution in [3.05, 3.63) is 22.7 Å². The summed E-state index contributed by atoms with van der Waals surface area (Å²) < 4.78 is 4.01. The predicted octanol–water partition coefficient (Wildman–Crippen LogP) is 2.50. The molecule has 1 unspecified atom stereocenters. The highest BCUT2D eigenvalue weighted by Gasteiger charge is 2.19. The summed E-state index contributed by atoms with van der Waals surface area (Å²) in [6.45, 7) is 10.3. The van der Waals surface area contributed by atoms with Gasteiger partial charge in [0.25, 0.3) is 0 Å². The van der Waals surface area contributed by atoms with Crippen molar-refractivity contribution >= 4 is 11.5 Å². The fourth-order valence-corrected chi connectivity index (χ4v) is 2.42. The zero-order valence-electron chi connectivity index (χ0n) is 9.16. The molecule has 78 valence electrons. The van der Waals surface area contributed by atoms with Crippen LogP contribution in [0.3, 0.4) is 0 Å². The molecule has 1 heterocycles. The highest BCUT2D eigenvalue weighted by Crippen LogP contribution is 2.29. The van der Waals surface area contributed by atoms with Crippen molar-refractivity contribution < 1.29 is 0 Å². The summed E-state index contributed by atoms with van der Waals surface area (Å²) in [6, 6.07) is 0.187. The van der Waals surface area contributed by atoms with E-state index in [2.05, 4.69) is 35.3 Å². The summed E-state index contributed by atoms with van der Waals surface area (Å²) in [4.78, 5) is 1.19. The molecule has 0 aliphatic heterocycles. The van der Waals surface area contributed by atoms with Gasteiger partial charge in [0.1, 0.15) is 0 Å². The number of nitrogens with zero attached hydrogens (tertiary/aromatic N) is 2. The summed E-state index contributed by atoms with van der Waals surface area (Å²) in [7, 11) is 1.93. The lowest BCUT2D eigenvalue weighted by molar-refractivity contribution is 0.669. The van der Waals surface area contributed by atoms with Crippen LogP contribution < -0.4 is 5.32 Å². The molecule has 0 aromatic carbocycles. The van der Waals surface area contributed by atoms with Crippen LogP contribution in [-0.4, -0.2) is 16.6 Å². The Kier molecular flexibility index (Phi) is 3.77. The third kappa shape index (κ3) is 2.19. The van der Waals surface area contributed by atoms with Crippen LogP contribution in [0.1, 0.15) is 43.3 Å². The van der Waals surface area contributed by atoms with Gasteiger partial charge in [-0.2, -0.15) is 0 Å². The van der Waals surface area contributed by atoms with Crippen molar-refractivity contribution in [3.8, 4) is 0 Å². The maximum absolute atomic E-state index is 4.15. The molecule has 1 atom stereocenters. The fourth-order valence-electron chi connectivity index (χ4n) is 1.41. The number of likely N-dealkylation sites (N-methyl/N-ethyl adjacent to an activating group) is 1. The molecule has 1 aromatic rings. The molecule has 0 spiro atoms. The number of nitrogens with one attached hydrogen (secondary N) is 1. The summed E-state index contributed by atoms with van der Waals surface area (Å²) in [5.74, 6) is 0.416. The van der Waals surface area contributed by atoms with E-state index in [4.69, 9.17) is 0 Å². The van der Waals surface area contributed by atoms with Gasteiger partial charge in [0.15, 0.2) is 0 Å². The first-order valence-corrected chi connectivity index (χ1v) is 5.50. The minimum absolute atomic E-state index is 0.187. The Bertz CT molecular complexity index is 317. The fraction of sp³-hybridized carbons (Fsp3) is 0.600. The third-order valence-corrected chi connectivity index (χ3v) is 2.94. The zero-order chi connectivity index (χ0) is 10.7. The van der Waals surface area contributed by atoms with E-state index < -0.39 is 0 Å². The van der Waals surface area contributed by atoms with Crippen LogP contribution in [-0.2, 0) is 0 Å². The lowest BCUT2D eigenvalue weighted by atomic mass is 10.0. The van der Waals surface area contributed by atoms with Gasteiger partial charge >= 0.3 is 0 Å². The molecule has 1 rings (SSSR count). The van der Waals surface area contributed by atoms with E-state index in [1.807, 2.05) is 14.0 Å². The number of aromatic nitrogens is 2. The van der Waals surface area contributed by atoms with Gasteiger partial charge in [-0.25, -0.2) is 0 Å². The molecule has 0 saturated carbocycles. The van der Waals surface area contributed by atoms with E-state index in [-0.39, 0.29) is 6.04 Å². The van der Waals surface area contributed by atoms with E-state index in [1.165, 1.54) is 16.4 Å². The van der Waals surface area contributed by atoms with E-state index in [0.29, 0.717) is 5.92 Å². The van der Waals surface area contributed by atoms with Gasteiger partial charge in [-0.15, -0.1) is 5.10 Å². The van der Waals surface area contributed by atoms with Gasteiger partial charge in [0.05, 0.1) is 16.6 Å². The Balaban J connectivity index is 3.03. The average molecular weight is 211 g/mol. The molecule has 14 heavy (non-hydrogen) atoms. The molecule has 0 aliphatic rings. The summed E-state index contributed by atoms with van der Waals surface area (Å²) in [5, 5.41) is 7.38. The summed E-state index contributed by atoms with van der Waals surface area (Å²) in [6.07, 6.45) is 0. The van der Waals surface area contributed by atoms with Crippen LogP contribution in [0.4, 0.5) is 0 Å². The first kappa shape index (κ1) is 11.3. The van der Waals surface area contributed by atoms with Crippen molar-refractivity contribution in [2.45, 2.75) is 32.7 Å². The smallest absolute Gasteiger partial charge is 0.0832 e. The van der Waals surface area contributed by atoms with Crippen molar-refractivity contribution in [1.82, 2.24) is 14.9 Å². The average Bonchev–Trinajstić information content (AvgIpc) is 2.53. The minimum atomic E-state index is 0.187. The largest absolute Gasteiger partial charge is 0.309 e. The van der Waals surface area contributed by atoms with Gasteiger partial charge in [-0.05, 0) is 31.4 Å².